The second-order valence-electron chi connectivity index (χ2n) is 3.63. The van der Waals surface area contributed by atoms with Crippen molar-refractivity contribution < 1.29 is 4.74 Å². The molecule has 0 bridgehead atoms. The monoisotopic (exact) mass is 279 g/mol. The van der Waals surface area contributed by atoms with Crippen LogP contribution in [0.15, 0.2) is 47.5 Å². The molecular weight excluding hydrogens is 269 g/mol. The maximum atomic E-state index is 5.93. The summed E-state index contributed by atoms with van der Waals surface area (Å²) in [7, 11) is 1.63. The number of hydrogen-bond donors (Lipinski definition) is 0. The van der Waals surface area contributed by atoms with E-state index in [2.05, 4.69) is 4.99 Å². The van der Waals surface area contributed by atoms with Crippen LogP contribution in [-0.2, 0) is 0 Å². The lowest BCUT2D eigenvalue weighted by molar-refractivity contribution is 0.415. The van der Waals surface area contributed by atoms with E-state index >= 15 is 0 Å². The molecule has 2 aromatic rings. The molecule has 2 aromatic carbocycles. The van der Waals surface area contributed by atoms with E-state index in [0.717, 1.165) is 17.0 Å². The molecule has 0 saturated heterocycles. The lowest BCUT2D eigenvalue weighted by atomic mass is 10.2. The van der Waals surface area contributed by atoms with Crippen molar-refractivity contribution in [1.82, 2.24) is 0 Å². The normalized spacial score (nSPS) is 10.8. The quantitative estimate of drug-likeness (QED) is 0.743. The molecule has 0 N–H and O–H groups in total. The van der Waals surface area contributed by atoms with Crippen LogP contribution in [0.3, 0.4) is 0 Å². The third-order valence-electron chi connectivity index (χ3n) is 2.38. The molecule has 0 aliphatic carbocycles. The molecule has 0 unspecified atom stereocenters. The van der Waals surface area contributed by atoms with Crippen LogP contribution >= 0.6 is 23.2 Å². The molecule has 0 amide bonds. The van der Waals surface area contributed by atoms with Crippen molar-refractivity contribution >= 4 is 35.1 Å². The summed E-state index contributed by atoms with van der Waals surface area (Å²) in [6, 6.07) is 12.9. The number of benzene rings is 2. The highest BCUT2D eigenvalue weighted by Gasteiger charge is 1.97. The summed E-state index contributed by atoms with van der Waals surface area (Å²) in [6.07, 6.45) is 1.74. The molecule has 0 fully saturated rings. The molecule has 2 rings (SSSR count). The number of rotatable bonds is 3. The Kier molecular flexibility index (Phi) is 4.24. The molecule has 4 heteroatoms. The van der Waals surface area contributed by atoms with Crippen LogP contribution < -0.4 is 4.74 Å². The van der Waals surface area contributed by atoms with E-state index in [1.165, 1.54) is 0 Å². The van der Waals surface area contributed by atoms with Gasteiger partial charge in [0, 0.05) is 6.21 Å². The molecule has 0 spiro atoms. The van der Waals surface area contributed by atoms with E-state index < -0.39 is 0 Å². The van der Waals surface area contributed by atoms with Gasteiger partial charge >= 0.3 is 0 Å². The van der Waals surface area contributed by atoms with Gasteiger partial charge in [0.05, 0.1) is 22.8 Å². The molecule has 0 radical (unpaired) electrons. The second kappa shape index (κ2) is 5.89. The Balaban J connectivity index is 2.16. The van der Waals surface area contributed by atoms with Gasteiger partial charge in [-0.05, 0) is 42.0 Å². The van der Waals surface area contributed by atoms with Gasteiger partial charge in [-0.25, -0.2) is 0 Å². The van der Waals surface area contributed by atoms with Crippen LogP contribution in [0.4, 0.5) is 5.69 Å². The van der Waals surface area contributed by atoms with Crippen LogP contribution in [0.2, 0.25) is 10.0 Å². The lowest BCUT2D eigenvalue weighted by Crippen LogP contribution is -1.82. The average molecular weight is 280 g/mol. The van der Waals surface area contributed by atoms with Crippen molar-refractivity contribution in [3.05, 3.63) is 58.1 Å². The van der Waals surface area contributed by atoms with Crippen molar-refractivity contribution in [1.29, 1.82) is 0 Å². The molecule has 0 aliphatic rings. The van der Waals surface area contributed by atoms with E-state index in [-0.39, 0.29) is 0 Å². The molecular formula is C14H11Cl2NO. The Hall–Kier alpha value is -1.51. The van der Waals surface area contributed by atoms with Crippen molar-refractivity contribution in [3.63, 3.8) is 0 Å². The van der Waals surface area contributed by atoms with Crippen LogP contribution in [0, 0.1) is 0 Å². The first-order chi connectivity index (χ1) is 8.69. The van der Waals surface area contributed by atoms with Crippen LogP contribution in [-0.4, -0.2) is 13.3 Å². The first-order valence-electron chi connectivity index (χ1n) is 5.32. The van der Waals surface area contributed by atoms with Crippen molar-refractivity contribution in [3.8, 4) is 5.75 Å². The zero-order chi connectivity index (χ0) is 13.0. The number of hydrogen-bond acceptors (Lipinski definition) is 2. The lowest BCUT2D eigenvalue weighted by Gasteiger charge is -1.99. The Morgan fingerprint density at radius 3 is 2.33 bits per heavy atom. The van der Waals surface area contributed by atoms with Gasteiger partial charge in [0.2, 0.25) is 0 Å². The molecule has 92 valence electrons. The predicted molar refractivity (Wildman–Crippen MR) is 76.7 cm³/mol. The van der Waals surface area contributed by atoms with Crippen LogP contribution in [0.25, 0.3) is 0 Å². The van der Waals surface area contributed by atoms with Crippen LogP contribution in [0.1, 0.15) is 5.56 Å². The number of methoxy groups -OCH3 is 1. The van der Waals surface area contributed by atoms with E-state index in [1.54, 1.807) is 25.5 Å². The van der Waals surface area contributed by atoms with Gasteiger partial charge in [-0.1, -0.05) is 29.3 Å². The standard InChI is InChI=1S/C14H11Cl2NO/c1-18-12-5-3-11(4-6-12)17-9-10-2-7-13(15)14(16)8-10/h2-9H,1H3. The fourth-order valence-corrected chi connectivity index (χ4v) is 1.72. The minimum Gasteiger partial charge on any atom is -0.497 e. The van der Waals surface area contributed by atoms with Gasteiger partial charge in [0.1, 0.15) is 5.75 Å². The van der Waals surface area contributed by atoms with E-state index in [4.69, 9.17) is 27.9 Å². The van der Waals surface area contributed by atoms with E-state index in [0.29, 0.717) is 10.0 Å². The van der Waals surface area contributed by atoms with Crippen molar-refractivity contribution in [2.24, 2.45) is 4.99 Å². The van der Waals surface area contributed by atoms with E-state index in [9.17, 15) is 0 Å². The summed E-state index contributed by atoms with van der Waals surface area (Å²) in [5.41, 5.74) is 1.75. The van der Waals surface area contributed by atoms with Gasteiger partial charge in [-0.15, -0.1) is 0 Å². The first-order valence-corrected chi connectivity index (χ1v) is 6.08. The number of nitrogens with zero attached hydrogens (tertiary/aromatic N) is 1. The summed E-state index contributed by atoms with van der Waals surface area (Å²) in [5.74, 6) is 0.809. The highest BCUT2D eigenvalue weighted by atomic mass is 35.5. The minimum atomic E-state index is 0.523. The summed E-state index contributed by atoms with van der Waals surface area (Å²) in [6.45, 7) is 0. The largest absolute Gasteiger partial charge is 0.497 e. The fraction of sp³-hybridized carbons (Fsp3) is 0.0714. The summed E-state index contributed by atoms with van der Waals surface area (Å²) in [5, 5.41) is 1.06. The van der Waals surface area contributed by atoms with E-state index in [1.807, 2.05) is 30.3 Å². The van der Waals surface area contributed by atoms with Crippen LogP contribution in [0.5, 0.6) is 5.75 Å². The first kappa shape index (κ1) is 12.9. The number of ether oxygens (including phenoxy) is 1. The Bertz CT molecular complexity index is 565. The summed E-state index contributed by atoms with van der Waals surface area (Å²) < 4.78 is 5.08. The summed E-state index contributed by atoms with van der Waals surface area (Å²) >= 11 is 11.8. The van der Waals surface area contributed by atoms with Gasteiger partial charge in [-0.2, -0.15) is 0 Å². The van der Waals surface area contributed by atoms with Crippen molar-refractivity contribution in [2.75, 3.05) is 7.11 Å². The Morgan fingerprint density at radius 2 is 1.72 bits per heavy atom. The van der Waals surface area contributed by atoms with Gasteiger partial charge in [0.15, 0.2) is 0 Å². The van der Waals surface area contributed by atoms with Gasteiger partial charge < -0.3 is 4.74 Å². The molecule has 18 heavy (non-hydrogen) atoms. The molecule has 0 atom stereocenters. The second-order valence-corrected chi connectivity index (χ2v) is 4.44. The zero-order valence-corrected chi connectivity index (χ0v) is 11.2. The maximum Gasteiger partial charge on any atom is 0.119 e. The van der Waals surface area contributed by atoms with Gasteiger partial charge in [-0.3, -0.25) is 4.99 Å². The SMILES string of the molecule is COc1ccc(N=Cc2ccc(Cl)c(Cl)c2)cc1. The molecule has 0 heterocycles. The maximum absolute atomic E-state index is 5.93. The highest BCUT2D eigenvalue weighted by Crippen LogP contribution is 2.22. The summed E-state index contributed by atoms with van der Waals surface area (Å²) in [4.78, 5) is 4.34. The topological polar surface area (TPSA) is 21.6 Å². The predicted octanol–water partition coefficient (Wildman–Crippen LogP) is 4.75. The Morgan fingerprint density at radius 1 is 1.00 bits per heavy atom. The smallest absolute Gasteiger partial charge is 0.119 e. The third-order valence-corrected chi connectivity index (χ3v) is 3.12. The minimum absolute atomic E-state index is 0.523. The molecule has 0 aliphatic heterocycles. The van der Waals surface area contributed by atoms with Crippen molar-refractivity contribution in [2.45, 2.75) is 0 Å². The third kappa shape index (κ3) is 3.25. The molecule has 2 nitrogen and oxygen atoms in total. The fourth-order valence-electron chi connectivity index (χ4n) is 1.41. The Labute approximate surface area is 116 Å². The molecule has 0 aromatic heterocycles. The number of halogens is 2. The zero-order valence-electron chi connectivity index (χ0n) is 9.73. The highest BCUT2D eigenvalue weighted by molar-refractivity contribution is 6.42. The number of aliphatic imine (C=N–C) groups is 1. The average Bonchev–Trinajstić information content (AvgIpc) is 2.41. The molecule has 0 saturated carbocycles. The van der Waals surface area contributed by atoms with Gasteiger partial charge in [0.25, 0.3) is 0 Å².